The van der Waals surface area contributed by atoms with Crippen LogP contribution in [0.3, 0.4) is 0 Å². The minimum Gasteiger partial charge on any atom is -0.215 e. The third kappa shape index (κ3) is 7.78. The Labute approximate surface area is 149 Å². The highest BCUT2D eigenvalue weighted by molar-refractivity contribution is 7.89. The van der Waals surface area contributed by atoms with Crippen molar-refractivity contribution in [3.8, 4) is 0 Å². The van der Waals surface area contributed by atoms with Gasteiger partial charge >= 0.3 is 0 Å². The molecule has 0 saturated carbocycles. The summed E-state index contributed by atoms with van der Waals surface area (Å²) in [5.41, 5.74) is 1.41. The molecule has 0 aliphatic carbocycles. The van der Waals surface area contributed by atoms with Gasteiger partial charge in [0.15, 0.2) is 0 Å². The van der Waals surface area contributed by atoms with Crippen LogP contribution < -0.4 is 9.44 Å². The third-order valence-corrected chi connectivity index (χ3v) is 6.11. The van der Waals surface area contributed by atoms with Gasteiger partial charge in [0.25, 0.3) is 0 Å². The predicted octanol–water partition coefficient (Wildman–Crippen LogP) is 1.62. The quantitative estimate of drug-likeness (QED) is 0.611. The van der Waals surface area contributed by atoms with Crippen molar-refractivity contribution in [1.82, 2.24) is 9.44 Å². The molecule has 0 aliphatic rings. The Hall–Kier alpha value is -1.74. The van der Waals surface area contributed by atoms with E-state index in [9.17, 15) is 16.8 Å². The van der Waals surface area contributed by atoms with Crippen LogP contribution in [0.1, 0.15) is 17.5 Å². The van der Waals surface area contributed by atoms with Gasteiger partial charge in [0.05, 0.1) is 11.5 Å². The van der Waals surface area contributed by atoms with Crippen molar-refractivity contribution in [2.24, 2.45) is 0 Å². The van der Waals surface area contributed by atoms with Gasteiger partial charge in [0.1, 0.15) is 0 Å². The summed E-state index contributed by atoms with van der Waals surface area (Å²) in [5, 5.41) is 0. The number of sulfonamides is 2. The largest absolute Gasteiger partial charge is 0.215 e. The molecule has 8 heteroatoms. The van der Waals surface area contributed by atoms with Crippen molar-refractivity contribution >= 4 is 20.0 Å². The smallest absolute Gasteiger partial charge is 0.215 e. The molecule has 2 aromatic rings. The number of hydrogen-bond donors (Lipinski definition) is 2. The van der Waals surface area contributed by atoms with Crippen LogP contribution >= 0.6 is 0 Å². The lowest BCUT2D eigenvalue weighted by Gasteiger charge is -2.08. The monoisotopic (exact) mass is 382 g/mol. The first-order valence-electron chi connectivity index (χ1n) is 7.89. The second-order valence-corrected chi connectivity index (χ2v) is 9.25. The second-order valence-electron chi connectivity index (χ2n) is 5.63. The SMILES string of the molecule is O=S(=O)(Cc1ccccc1)NCCCNS(=O)(=O)Cc1ccccc1. The van der Waals surface area contributed by atoms with Gasteiger partial charge in [-0.1, -0.05) is 60.7 Å². The van der Waals surface area contributed by atoms with E-state index in [1.165, 1.54) is 0 Å². The van der Waals surface area contributed by atoms with Gasteiger partial charge in [-0.25, -0.2) is 26.3 Å². The van der Waals surface area contributed by atoms with Crippen LogP contribution in [0, 0.1) is 0 Å². The fourth-order valence-electron chi connectivity index (χ4n) is 2.23. The molecular weight excluding hydrogens is 360 g/mol. The topological polar surface area (TPSA) is 92.3 Å². The Balaban J connectivity index is 1.70. The number of hydrogen-bond acceptors (Lipinski definition) is 4. The van der Waals surface area contributed by atoms with E-state index >= 15 is 0 Å². The minimum atomic E-state index is -3.43. The summed E-state index contributed by atoms with van der Waals surface area (Å²) < 4.78 is 52.8. The Morgan fingerprint density at radius 3 is 1.32 bits per heavy atom. The molecule has 0 aliphatic heterocycles. The zero-order valence-corrected chi connectivity index (χ0v) is 15.4. The van der Waals surface area contributed by atoms with Crippen LogP contribution in [0.5, 0.6) is 0 Å². The van der Waals surface area contributed by atoms with Crippen LogP contribution in [-0.2, 0) is 31.6 Å². The van der Waals surface area contributed by atoms with Crippen molar-refractivity contribution in [1.29, 1.82) is 0 Å². The normalized spacial score (nSPS) is 12.2. The van der Waals surface area contributed by atoms with Crippen LogP contribution in [0.25, 0.3) is 0 Å². The van der Waals surface area contributed by atoms with Gasteiger partial charge in [0, 0.05) is 13.1 Å². The molecule has 0 saturated heterocycles. The van der Waals surface area contributed by atoms with E-state index in [2.05, 4.69) is 9.44 Å². The lowest BCUT2D eigenvalue weighted by Crippen LogP contribution is -2.31. The highest BCUT2D eigenvalue weighted by Crippen LogP contribution is 2.05. The average molecular weight is 383 g/mol. The Kier molecular flexibility index (Phi) is 7.12. The maximum Gasteiger partial charge on any atom is 0.215 e. The lowest BCUT2D eigenvalue weighted by molar-refractivity contribution is 0.571. The van der Waals surface area contributed by atoms with Gasteiger partial charge in [0.2, 0.25) is 20.0 Å². The molecule has 25 heavy (non-hydrogen) atoms. The van der Waals surface area contributed by atoms with Crippen LogP contribution in [0.15, 0.2) is 60.7 Å². The molecular formula is C17H22N2O4S2. The first kappa shape index (κ1) is 19.6. The molecule has 2 aromatic carbocycles. The first-order valence-corrected chi connectivity index (χ1v) is 11.2. The fourth-order valence-corrected chi connectivity index (χ4v) is 4.61. The molecule has 0 radical (unpaired) electrons. The Bertz CT molecular complexity index is 779. The number of nitrogens with one attached hydrogen (secondary N) is 2. The second kappa shape index (κ2) is 9.10. The highest BCUT2D eigenvalue weighted by atomic mass is 32.2. The van der Waals surface area contributed by atoms with Crippen molar-refractivity contribution in [2.45, 2.75) is 17.9 Å². The minimum absolute atomic E-state index is 0.0897. The summed E-state index contributed by atoms with van der Waals surface area (Å²) in [7, 11) is -6.85. The van der Waals surface area contributed by atoms with E-state index in [1.807, 2.05) is 12.1 Å². The van der Waals surface area contributed by atoms with Crippen molar-refractivity contribution in [3.05, 3.63) is 71.8 Å². The maximum atomic E-state index is 12.0. The van der Waals surface area contributed by atoms with Crippen molar-refractivity contribution < 1.29 is 16.8 Å². The molecule has 0 heterocycles. The predicted molar refractivity (Wildman–Crippen MR) is 98.8 cm³/mol. The summed E-state index contributed by atoms with van der Waals surface area (Å²) >= 11 is 0. The number of rotatable bonds is 10. The molecule has 2 N–H and O–H groups in total. The zero-order chi connectivity index (χ0) is 18.2. The lowest BCUT2D eigenvalue weighted by atomic mass is 10.2. The van der Waals surface area contributed by atoms with Crippen molar-refractivity contribution in [3.63, 3.8) is 0 Å². The molecule has 0 amide bonds. The molecule has 0 aromatic heterocycles. The summed E-state index contributed by atoms with van der Waals surface area (Å²) in [5.74, 6) is -0.179. The van der Waals surface area contributed by atoms with Gasteiger partial charge in [-0.2, -0.15) is 0 Å². The zero-order valence-electron chi connectivity index (χ0n) is 13.8. The first-order chi connectivity index (χ1) is 11.9. The molecule has 0 bridgehead atoms. The maximum absolute atomic E-state index is 12.0. The summed E-state index contributed by atoms with van der Waals surface area (Å²) in [6.07, 6.45) is 0.377. The van der Waals surface area contributed by atoms with E-state index in [0.29, 0.717) is 17.5 Å². The Morgan fingerprint density at radius 1 is 0.600 bits per heavy atom. The standard InChI is InChI=1S/C17H22N2O4S2/c20-24(21,14-16-8-3-1-4-9-16)18-12-7-13-19-25(22,23)15-17-10-5-2-6-11-17/h1-6,8-11,18-19H,7,12-15H2. The summed E-state index contributed by atoms with van der Waals surface area (Å²) in [6.45, 7) is 0.367. The fraction of sp³-hybridized carbons (Fsp3) is 0.294. The third-order valence-electron chi connectivity index (χ3n) is 3.40. The van der Waals surface area contributed by atoms with Gasteiger partial charge in [-0.05, 0) is 17.5 Å². The van der Waals surface area contributed by atoms with Crippen LogP contribution in [0.2, 0.25) is 0 Å². The Morgan fingerprint density at radius 2 is 0.960 bits per heavy atom. The molecule has 2 rings (SSSR count). The average Bonchev–Trinajstić information content (AvgIpc) is 2.55. The van der Waals surface area contributed by atoms with E-state index in [0.717, 1.165) is 0 Å². The molecule has 0 unspecified atom stereocenters. The molecule has 6 nitrogen and oxygen atoms in total. The van der Waals surface area contributed by atoms with Gasteiger partial charge in [-0.15, -0.1) is 0 Å². The van der Waals surface area contributed by atoms with Gasteiger partial charge in [-0.3, -0.25) is 0 Å². The van der Waals surface area contributed by atoms with Crippen LogP contribution in [-0.4, -0.2) is 29.9 Å². The summed E-state index contributed by atoms with van der Waals surface area (Å²) in [4.78, 5) is 0. The molecule has 0 spiro atoms. The highest BCUT2D eigenvalue weighted by Gasteiger charge is 2.12. The molecule has 136 valence electrons. The van der Waals surface area contributed by atoms with E-state index in [-0.39, 0.29) is 24.6 Å². The van der Waals surface area contributed by atoms with E-state index < -0.39 is 20.0 Å². The van der Waals surface area contributed by atoms with Crippen molar-refractivity contribution in [2.75, 3.05) is 13.1 Å². The molecule has 0 atom stereocenters. The summed E-state index contributed by atoms with van der Waals surface area (Å²) in [6, 6.07) is 17.8. The van der Waals surface area contributed by atoms with E-state index in [1.54, 1.807) is 48.5 Å². The molecule has 0 fully saturated rings. The van der Waals surface area contributed by atoms with E-state index in [4.69, 9.17) is 0 Å². The van der Waals surface area contributed by atoms with Gasteiger partial charge < -0.3 is 0 Å². The van der Waals surface area contributed by atoms with Crippen LogP contribution in [0.4, 0.5) is 0 Å². The number of benzene rings is 2.